The average Bonchev–Trinajstić information content (AvgIpc) is 3.03. The van der Waals surface area contributed by atoms with Crippen molar-refractivity contribution in [1.82, 2.24) is 20.0 Å². The number of aryl methyl sites for hydroxylation is 1. The molecule has 0 aromatic carbocycles. The third kappa shape index (κ3) is 3.75. The first-order chi connectivity index (χ1) is 9.79. The number of carbonyl (C=O) groups excluding carboxylic acids is 1. The lowest BCUT2D eigenvalue weighted by Crippen LogP contribution is -2.41. The van der Waals surface area contributed by atoms with Gasteiger partial charge in [0.25, 0.3) is 5.91 Å². The number of halogens is 3. The maximum absolute atomic E-state index is 12.8. The number of amides is 1. The van der Waals surface area contributed by atoms with Gasteiger partial charge in [0.05, 0.1) is 5.56 Å². The Kier molecular flexibility index (Phi) is 4.55. The molecule has 1 aromatic heterocycles. The molecule has 8 heteroatoms. The molecule has 1 saturated heterocycles. The van der Waals surface area contributed by atoms with Crippen LogP contribution >= 0.6 is 0 Å². The molecule has 0 bridgehead atoms. The quantitative estimate of drug-likeness (QED) is 0.920. The fourth-order valence-corrected chi connectivity index (χ4v) is 2.51. The van der Waals surface area contributed by atoms with Gasteiger partial charge in [-0.25, -0.2) is 0 Å². The van der Waals surface area contributed by atoms with Gasteiger partial charge >= 0.3 is 6.18 Å². The maximum atomic E-state index is 12.8. The van der Waals surface area contributed by atoms with Gasteiger partial charge in [-0.05, 0) is 32.9 Å². The largest absolute Gasteiger partial charge is 0.435 e. The average molecular weight is 304 g/mol. The van der Waals surface area contributed by atoms with Gasteiger partial charge < -0.3 is 5.32 Å². The van der Waals surface area contributed by atoms with E-state index in [-0.39, 0.29) is 6.04 Å². The summed E-state index contributed by atoms with van der Waals surface area (Å²) in [5.74, 6) is -0.735. The highest BCUT2D eigenvalue weighted by atomic mass is 19.4. The van der Waals surface area contributed by atoms with E-state index in [1.165, 1.54) is 7.05 Å². The maximum Gasteiger partial charge on any atom is 0.435 e. The van der Waals surface area contributed by atoms with Gasteiger partial charge in [-0.2, -0.15) is 18.3 Å². The van der Waals surface area contributed by atoms with E-state index in [1.54, 1.807) is 0 Å². The molecule has 21 heavy (non-hydrogen) atoms. The second kappa shape index (κ2) is 6.05. The molecule has 118 valence electrons. The fourth-order valence-electron chi connectivity index (χ4n) is 2.51. The van der Waals surface area contributed by atoms with Crippen LogP contribution in [0.4, 0.5) is 13.2 Å². The van der Waals surface area contributed by atoms with Crippen LogP contribution in [-0.2, 0) is 13.2 Å². The first-order valence-electron chi connectivity index (χ1n) is 6.92. The molecular weight excluding hydrogens is 285 g/mol. The Balaban J connectivity index is 2.00. The van der Waals surface area contributed by atoms with Crippen LogP contribution in [-0.4, -0.2) is 46.3 Å². The molecule has 2 heterocycles. The van der Waals surface area contributed by atoms with Crippen LogP contribution in [0, 0.1) is 0 Å². The van der Waals surface area contributed by atoms with Crippen LogP contribution in [0.2, 0.25) is 0 Å². The molecule has 0 saturated carbocycles. The third-order valence-electron chi connectivity index (χ3n) is 3.66. The minimum Gasteiger partial charge on any atom is -0.350 e. The molecule has 1 atom stereocenters. The highest BCUT2D eigenvalue weighted by Gasteiger charge is 2.39. The lowest BCUT2D eigenvalue weighted by Gasteiger charge is -2.23. The number of rotatable bonds is 4. The lowest BCUT2D eigenvalue weighted by atomic mass is 10.2. The minimum absolute atomic E-state index is 0.113. The Morgan fingerprint density at radius 2 is 2.05 bits per heavy atom. The zero-order chi connectivity index (χ0) is 15.6. The van der Waals surface area contributed by atoms with E-state index in [1.807, 2.05) is 6.92 Å². The molecule has 0 aliphatic carbocycles. The van der Waals surface area contributed by atoms with E-state index < -0.39 is 23.3 Å². The number of hydrogen-bond acceptors (Lipinski definition) is 3. The lowest BCUT2D eigenvalue weighted by molar-refractivity contribution is -0.141. The molecule has 1 N–H and O–H groups in total. The molecule has 1 amide bonds. The van der Waals surface area contributed by atoms with Crippen LogP contribution in [0.5, 0.6) is 0 Å². The smallest absolute Gasteiger partial charge is 0.350 e. The second-order valence-corrected chi connectivity index (χ2v) is 5.36. The van der Waals surface area contributed by atoms with Gasteiger partial charge in [0.2, 0.25) is 0 Å². The summed E-state index contributed by atoms with van der Waals surface area (Å²) in [7, 11) is 1.36. The third-order valence-corrected chi connectivity index (χ3v) is 3.66. The Labute approximate surface area is 121 Å². The van der Waals surface area contributed by atoms with Crippen LogP contribution in [0.3, 0.4) is 0 Å². The summed E-state index contributed by atoms with van der Waals surface area (Å²) in [6.45, 7) is 4.22. The minimum atomic E-state index is -4.63. The van der Waals surface area contributed by atoms with Gasteiger partial charge in [0, 0.05) is 25.8 Å². The number of hydrogen-bond donors (Lipinski definition) is 1. The number of likely N-dealkylation sites (tertiary alicyclic amines) is 1. The summed E-state index contributed by atoms with van der Waals surface area (Å²) in [5, 5.41) is 5.90. The monoisotopic (exact) mass is 304 g/mol. The van der Waals surface area contributed by atoms with E-state index in [2.05, 4.69) is 15.3 Å². The topological polar surface area (TPSA) is 50.2 Å². The van der Waals surface area contributed by atoms with Crippen LogP contribution in [0.25, 0.3) is 0 Å². The Hall–Kier alpha value is -1.57. The standard InChI is InChI=1S/C13H19F3N4O/c1-9(20-5-3-4-6-20)7-17-12(21)10-8-19(2)18-11(10)13(14,15)16/h8-9H,3-7H2,1-2H3,(H,17,21)/t9-/m1/s1. The summed E-state index contributed by atoms with van der Waals surface area (Å²) >= 11 is 0. The summed E-state index contributed by atoms with van der Waals surface area (Å²) in [6, 6.07) is 0.113. The summed E-state index contributed by atoms with van der Waals surface area (Å²) in [5.41, 5.74) is -1.57. The van der Waals surface area contributed by atoms with Crippen molar-refractivity contribution in [2.45, 2.75) is 32.0 Å². The predicted octanol–water partition coefficient (Wildman–Crippen LogP) is 1.65. The number of nitrogens with one attached hydrogen (secondary N) is 1. The van der Waals surface area contributed by atoms with Crippen molar-refractivity contribution in [3.05, 3.63) is 17.5 Å². The number of aromatic nitrogens is 2. The first-order valence-corrected chi connectivity index (χ1v) is 6.92. The van der Waals surface area contributed by atoms with Crippen LogP contribution in [0.1, 0.15) is 35.8 Å². The van der Waals surface area contributed by atoms with Crippen molar-refractivity contribution in [3.63, 3.8) is 0 Å². The number of alkyl halides is 3. The van der Waals surface area contributed by atoms with Crippen molar-refractivity contribution >= 4 is 5.91 Å². The normalized spacial score (nSPS) is 18.0. The highest BCUT2D eigenvalue weighted by Crippen LogP contribution is 2.30. The van der Waals surface area contributed by atoms with E-state index in [4.69, 9.17) is 0 Å². The van der Waals surface area contributed by atoms with Crippen LogP contribution in [0.15, 0.2) is 6.20 Å². The molecule has 0 radical (unpaired) electrons. The zero-order valence-electron chi connectivity index (χ0n) is 12.1. The summed E-state index contributed by atoms with van der Waals surface area (Å²) in [4.78, 5) is 14.2. The Bertz CT molecular complexity index is 506. The Morgan fingerprint density at radius 3 is 2.62 bits per heavy atom. The molecule has 0 unspecified atom stereocenters. The molecule has 5 nitrogen and oxygen atoms in total. The second-order valence-electron chi connectivity index (χ2n) is 5.36. The highest BCUT2D eigenvalue weighted by molar-refractivity contribution is 5.95. The van der Waals surface area contributed by atoms with Crippen molar-refractivity contribution in [2.24, 2.45) is 7.05 Å². The van der Waals surface area contributed by atoms with Gasteiger partial charge in [-0.3, -0.25) is 14.4 Å². The van der Waals surface area contributed by atoms with Crippen molar-refractivity contribution in [1.29, 1.82) is 0 Å². The molecule has 1 fully saturated rings. The number of carbonyl (C=O) groups is 1. The van der Waals surface area contributed by atoms with Gasteiger partial charge in [-0.15, -0.1) is 0 Å². The summed E-state index contributed by atoms with van der Waals surface area (Å²) < 4.78 is 39.4. The van der Waals surface area contributed by atoms with Gasteiger partial charge in [0.15, 0.2) is 5.69 Å². The molecule has 1 aliphatic rings. The predicted molar refractivity (Wildman–Crippen MR) is 70.8 cm³/mol. The van der Waals surface area contributed by atoms with Crippen molar-refractivity contribution < 1.29 is 18.0 Å². The Morgan fingerprint density at radius 1 is 1.43 bits per heavy atom. The van der Waals surface area contributed by atoms with E-state index >= 15 is 0 Å². The summed E-state index contributed by atoms with van der Waals surface area (Å²) in [6.07, 6.45) is -1.29. The van der Waals surface area contributed by atoms with E-state index in [9.17, 15) is 18.0 Å². The molecule has 1 aliphatic heterocycles. The zero-order valence-corrected chi connectivity index (χ0v) is 12.1. The van der Waals surface area contributed by atoms with Crippen LogP contribution < -0.4 is 5.32 Å². The molecule has 2 rings (SSSR count). The fraction of sp³-hybridized carbons (Fsp3) is 0.692. The van der Waals surface area contributed by atoms with Gasteiger partial charge in [-0.1, -0.05) is 0 Å². The molecule has 0 spiro atoms. The SMILES string of the molecule is C[C@H](CNC(=O)c1cn(C)nc1C(F)(F)F)N1CCCC1. The van der Waals surface area contributed by atoms with Crippen molar-refractivity contribution in [3.8, 4) is 0 Å². The first kappa shape index (κ1) is 15.8. The van der Waals surface area contributed by atoms with Gasteiger partial charge in [0.1, 0.15) is 0 Å². The van der Waals surface area contributed by atoms with Crippen molar-refractivity contribution in [2.75, 3.05) is 19.6 Å². The number of nitrogens with zero attached hydrogens (tertiary/aromatic N) is 3. The van der Waals surface area contributed by atoms with E-state index in [0.29, 0.717) is 6.54 Å². The molecule has 1 aromatic rings. The van der Waals surface area contributed by atoms with E-state index in [0.717, 1.165) is 36.8 Å². The molecular formula is C13H19F3N4O.